The topological polar surface area (TPSA) is 36.9 Å². The zero-order valence-electron chi connectivity index (χ0n) is 20.0. The second-order valence-electron chi connectivity index (χ2n) is 8.05. The molecule has 0 aliphatic carbocycles. The Morgan fingerprint density at radius 1 is 0.324 bits per heavy atom. The maximum atomic E-state index is 5.42. The minimum absolute atomic E-state index is 0.0543. The van der Waals surface area contributed by atoms with Crippen LogP contribution in [0.25, 0.3) is 0 Å². The standard InChI is InChI=1S/C26H26B4O4/c27-31-21-9-1-17(2-10-21)25(18-3-11-22(32-28)12-4-18)26(19-5-13-23(33-29)14-6-19)20-7-15-24(34-30)16-8-20/h1-16,25-26H,27-30H2. The third-order valence-corrected chi connectivity index (χ3v) is 6.23. The van der Waals surface area contributed by atoms with Gasteiger partial charge in [-0.3, -0.25) is 0 Å². The van der Waals surface area contributed by atoms with Gasteiger partial charge in [0.15, 0.2) is 0 Å². The molecule has 4 aromatic carbocycles. The zero-order valence-corrected chi connectivity index (χ0v) is 20.0. The van der Waals surface area contributed by atoms with Crippen LogP contribution in [0.3, 0.4) is 0 Å². The van der Waals surface area contributed by atoms with Crippen molar-refractivity contribution in [2.24, 2.45) is 0 Å². The van der Waals surface area contributed by atoms with Crippen LogP contribution in [0.15, 0.2) is 97.1 Å². The molecule has 0 aromatic heterocycles. The summed E-state index contributed by atoms with van der Waals surface area (Å²) in [5.41, 5.74) is 4.79. The lowest BCUT2D eigenvalue weighted by Gasteiger charge is -2.30. The van der Waals surface area contributed by atoms with E-state index in [4.69, 9.17) is 18.6 Å². The van der Waals surface area contributed by atoms with Crippen molar-refractivity contribution in [2.45, 2.75) is 11.8 Å². The van der Waals surface area contributed by atoms with E-state index >= 15 is 0 Å². The van der Waals surface area contributed by atoms with Crippen molar-refractivity contribution in [3.8, 4) is 23.0 Å². The monoisotopic (exact) mass is 446 g/mol. The van der Waals surface area contributed by atoms with Gasteiger partial charge in [-0.1, -0.05) is 48.5 Å². The van der Waals surface area contributed by atoms with Gasteiger partial charge in [0.25, 0.3) is 0 Å². The molecule has 0 amide bonds. The molecule has 0 aliphatic rings. The van der Waals surface area contributed by atoms with Gasteiger partial charge in [-0.15, -0.1) is 0 Å². The van der Waals surface area contributed by atoms with E-state index in [0.717, 1.165) is 23.0 Å². The summed E-state index contributed by atoms with van der Waals surface area (Å²) in [5.74, 6) is 3.45. The Bertz CT molecular complexity index is 990. The first-order valence-corrected chi connectivity index (χ1v) is 11.2. The predicted molar refractivity (Wildman–Crippen MR) is 146 cm³/mol. The quantitative estimate of drug-likeness (QED) is 0.371. The van der Waals surface area contributed by atoms with Crippen LogP contribution in [0.2, 0.25) is 0 Å². The SMILES string of the molecule is BOc1ccc(C(c2ccc(OB)cc2)C(c2ccc(OB)cc2)c2ccc(OB)cc2)cc1. The molecule has 8 heteroatoms. The van der Waals surface area contributed by atoms with Gasteiger partial charge in [-0.05, 0) is 70.8 Å². The molecule has 0 spiro atoms. The summed E-state index contributed by atoms with van der Waals surface area (Å²) in [6.07, 6.45) is 0. The van der Waals surface area contributed by atoms with E-state index in [2.05, 4.69) is 48.5 Å². The Kier molecular flexibility index (Phi) is 7.58. The van der Waals surface area contributed by atoms with Crippen LogP contribution in [0, 0.1) is 0 Å². The average molecular weight is 446 g/mol. The van der Waals surface area contributed by atoms with Gasteiger partial charge in [0.05, 0.1) is 23.0 Å². The van der Waals surface area contributed by atoms with E-state index in [1.54, 1.807) is 32.2 Å². The lowest BCUT2D eigenvalue weighted by atomic mass is 9.73. The number of hydrogen-bond donors (Lipinski definition) is 0. The number of rotatable bonds is 9. The summed E-state index contributed by atoms with van der Waals surface area (Å²) >= 11 is 0. The molecule has 0 aliphatic heterocycles. The van der Waals surface area contributed by atoms with Gasteiger partial charge in [0.1, 0.15) is 0 Å². The van der Waals surface area contributed by atoms with Crippen LogP contribution in [0.5, 0.6) is 23.0 Å². The van der Waals surface area contributed by atoms with Crippen LogP contribution >= 0.6 is 0 Å². The molecule has 0 unspecified atom stereocenters. The van der Waals surface area contributed by atoms with E-state index in [9.17, 15) is 0 Å². The molecule has 0 heterocycles. The molecule has 0 radical (unpaired) electrons. The predicted octanol–water partition coefficient (Wildman–Crippen LogP) is 2.36. The first kappa shape index (κ1) is 23.5. The van der Waals surface area contributed by atoms with Crippen molar-refractivity contribution >= 4 is 32.2 Å². The van der Waals surface area contributed by atoms with E-state index in [-0.39, 0.29) is 11.8 Å². The zero-order chi connectivity index (χ0) is 23.9. The second-order valence-corrected chi connectivity index (χ2v) is 8.05. The van der Waals surface area contributed by atoms with Crippen molar-refractivity contribution in [2.75, 3.05) is 0 Å². The Morgan fingerprint density at radius 2 is 0.500 bits per heavy atom. The van der Waals surface area contributed by atoms with Crippen molar-refractivity contribution in [3.05, 3.63) is 119 Å². The Hall–Kier alpha value is -3.66. The van der Waals surface area contributed by atoms with Gasteiger partial charge in [-0.25, -0.2) is 0 Å². The van der Waals surface area contributed by atoms with E-state index in [1.807, 2.05) is 48.5 Å². The highest BCUT2D eigenvalue weighted by Gasteiger charge is 2.28. The van der Waals surface area contributed by atoms with Crippen molar-refractivity contribution in [1.29, 1.82) is 0 Å². The molecule has 0 N–H and O–H groups in total. The molecule has 0 atom stereocenters. The number of hydrogen-bond acceptors (Lipinski definition) is 4. The first-order chi connectivity index (χ1) is 16.7. The fourth-order valence-corrected chi connectivity index (χ4v) is 4.40. The summed E-state index contributed by atoms with van der Waals surface area (Å²) in [5, 5.41) is 0. The number of benzene rings is 4. The van der Waals surface area contributed by atoms with Gasteiger partial charge < -0.3 is 18.6 Å². The molecule has 166 valence electrons. The maximum Gasteiger partial charge on any atom is 0.322 e. The third-order valence-electron chi connectivity index (χ3n) is 6.23. The van der Waals surface area contributed by atoms with Crippen molar-refractivity contribution < 1.29 is 18.6 Å². The highest BCUT2D eigenvalue weighted by Crippen LogP contribution is 2.44. The Labute approximate surface area is 205 Å². The molecule has 34 heavy (non-hydrogen) atoms. The summed E-state index contributed by atoms with van der Waals surface area (Å²) < 4.78 is 21.7. The Balaban J connectivity index is 1.90. The van der Waals surface area contributed by atoms with E-state index < -0.39 is 0 Å². The molecule has 0 bridgehead atoms. The van der Waals surface area contributed by atoms with Crippen LogP contribution in [-0.2, 0) is 0 Å². The smallest absolute Gasteiger partial charge is 0.322 e. The molecule has 4 rings (SSSR count). The second kappa shape index (κ2) is 11.0. The van der Waals surface area contributed by atoms with Gasteiger partial charge in [0, 0.05) is 11.8 Å². The third kappa shape index (κ3) is 5.12. The maximum absolute atomic E-state index is 5.42. The molecule has 0 saturated carbocycles. The molecular formula is C26H26B4O4. The normalized spacial score (nSPS) is 10.8. The highest BCUT2D eigenvalue weighted by molar-refractivity contribution is 6.00. The first-order valence-electron chi connectivity index (χ1n) is 11.2. The van der Waals surface area contributed by atoms with E-state index in [0.29, 0.717) is 0 Å². The fraction of sp³-hybridized carbons (Fsp3) is 0.0769. The molecule has 0 saturated heterocycles. The lowest BCUT2D eigenvalue weighted by molar-refractivity contribution is 0.608. The van der Waals surface area contributed by atoms with Gasteiger partial charge in [-0.2, -0.15) is 0 Å². The minimum Gasteiger partial charge on any atom is -0.568 e. The minimum atomic E-state index is 0.0543. The molecule has 4 aromatic rings. The van der Waals surface area contributed by atoms with Crippen molar-refractivity contribution in [1.82, 2.24) is 0 Å². The highest BCUT2D eigenvalue weighted by atomic mass is 16.4. The van der Waals surface area contributed by atoms with Crippen LogP contribution < -0.4 is 18.6 Å². The summed E-state index contributed by atoms with van der Waals surface area (Å²) in [7, 11) is 6.75. The fourth-order valence-electron chi connectivity index (χ4n) is 4.40. The van der Waals surface area contributed by atoms with Crippen molar-refractivity contribution in [3.63, 3.8) is 0 Å². The van der Waals surface area contributed by atoms with E-state index in [1.165, 1.54) is 22.3 Å². The van der Waals surface area contributed by atoms with Crippen LogP contribution in [0.4, 0.5) is 0 Å². The van der Waals surface area contributed by atoms with Crippen LogP contribution in [-0.4, -0.2) is 32.2 Å². The van der Waals surface area contributed by atoms with Crippen LogP contribution in [0.1, 0.15) is 34.1 Å². The summed E-state index contributed by atoms with van der Waals surface area (Å²) in [6, 6.07) is 33.3. The molecule has 4 nitrogen and oxygen atoms in total. The molecular weight excluding hydrogens is 420 g/mol. The summed E-state index contributed by atoms with van der Waals surface area (Å²) in [6.45, 7) is 0. The molecule has 0 fully saturated rings. The lowest BCUT2D eigenvalue weighted by Crippen LogP contribution is -2.15. The Morgan fingerprint density at radius 3 is 0.647 bits per heavy atom. The largest absolute Gasteiger partial charge is 0.568 e. The average Bonchev–Trinajstić information content (AvgIpc) is 2.92. The van der Waals surface area contributed by atoms with Gasteiger partial charge in [0.2, 0.25) is 0 Å². The van der Waals surface area contributed by atoms with Gasteiger partial charge >= 0.3 is 32.2 Å². The summed E-state index contributed by atoms with van der Waals surface area (Å²) in [4.78, 5) is 0.